The number of anilines is 1. The van der Waals surface area contributed by atoms with Crippen molar-refractivity contribution in [2.24, 2.45) is 0 Å². The number of rotatable bonds is 8. The second-order valence-corrected chi connectivity index (χ2v) is 5.95. The van der Waals surface area contributed by atoms with Crippen molar-refractivity contribution < 1.29 is 5.11 Å². The average molecular weight is 282 g/mol. The number of aliphatic hydroxyl groups excluding tert-OH is 1. The lowest BCUT2D eigenvalue weighted by atomic mass is 10.1. The van der Waals surface area contributed by atoms with E-state index in [1.807, 2.05) is 25.9 Å². The highest BCUT2D eigenvalue weighted by Gasteiger charge is 2.12. The first-order valence-corrected chi connectivity index (χ1v) is 8.11. The zero-order valence-corrected chi connectivity index (χ0v) is 13.2. The van der Waals surface area contributed by atoms with Gasteiger partial charge in [0, 0.05) is 44.2 Å². The summed E-state index contributed by atoms with van der Waals surface area (Å²) in [4.78, 5) is 2.10. The van der Waals surface area contributed by atoms with E-state index < -0.39 is 0 Å². The summed E-state index contributed by atoms with van der Waals surface area (Å²) in [5.41, 5.74) is 2.50. The zero-order chi connectivity index (χ0) is 14.3. The molecule has 0 aromatic heterocycles. The molecule has 0 saturated heterocycles. The molecule has 0 saturated carbocycles. The van der Waals surface area contributed by atoms with E-state index in [9.17, 15) is 0 Å². The Morgan fingerprint density at radius 3 is 2.37 bits per heavy atom. The van der Waals surface area contributed by atoms with Crippen LogP contribution in [0.25, 0.3) is 0 Å². The molecule has 108 valence electrons. The lowest BCUT2D eigenvalue weighted by molar-refractivity contribution is 0.265. The van der Waals surface area contributed by atoms with E-state index >= 15 is 0 Å². The SMILES string of the molecule is CSCC(CCO)NC(C)c1ccc(N(C)C)cc1. The molecule has 4 heteroatoms. The molecule has 1 aromatic rings. The van der Waals surface area contributed by atoms with Gasteiger partial charge in [-0.15, -0.1) is 0 Å². The number of hydrogen-bond donors (Lipinski definition) is 2. The van der Waals surface area contributed by atoms with Crippen molar-refractivity contribution in [3.63, 3.8) is 0 Å². The standard InChI is InChI=1S/C15H26N2OS/c1-12(16-14(9-10-18)11-19-4)13-5-7-15(8-6-13)17(2)3/h5-8,12,14,16,18H,9-11H2,1-4H3. The van der Waals surface area contributed by atoms with Gasteiger partial charge in [-0.25, -0.2) is 0 Å². The largest absolute Gasteiger partial charge is 0.396 e. The fourth-order valence-electron chi connectivity index (χ4n) is 2.08. The summed E-state index contributed by atoms with van der Waals surface area (Å²) < 4.78 is 0. The molecule has 0 aliphatic heterocycles. The number of nitrogens with zero attached hydrogens (tertiary/aromatic N) is 1. The number of aliphatic hydroxyl groups is 1. The van der Waals surface area contributed by atoms with Crippen LogP contribution in [0, 0.1) is 0 Å². The molecule has 3 nitrogen and oxygen atoms in total. The fourth-order valence-corrected chi connectivity index (χ4v) is 2.75. The molecule has 19 heavy (non-hydrogen) atoms. The minimum atomic E-state index is 0.241. The summed E-state index contributed by atoms with van der Waals surface area (Å²) in [5.74, 6) is 1.03. The van der Waals surface area contributed by atoms with E-state index in [1.54, 1.807) is 0 Å². The summed E-state index contributed by atoms with van der Waals surface area (Å²) in [6.07, 6.45) is 2.91. The van der Waals surface area contributed by atoms with Gasteiger partial charge in [0.2, 0.25) is 0 Å². The summed E-state index contributed by atoms with van der Waals surface area (Å²) in [6.45, 7) is 2.42. The Kier molecular flexibility index (Phi) is 7.28. The van der Waals surface area contributed by atoms with E-state index in [0.717, 1.165) is 12.2 Å². The molecule has 0 radical (unpaired) electrons. The highest BCUT2D eigenvalue weighted by Crippen LogP contribution is 2.18. The highest BCUT2D eigenvalue weighted by molar-refractivity contribution is 7.98. The second kappa shape index (κ2) is 8.46. The lowest BCUT2D eigenvalue weighted by Crippen LogP contribution is -2.34. The van der Waals surface area contributed by atoms with Gasteiger partial charge >= 0.3 is 0 Å². The topological polar surface area (TPSA) is 35.5 Å². The predicted molar refractivity (Wildman–Crippen MR) is 86.2 cm³/mol. The van der Waals surface area contributed by atoms with Gasteiger partial charge in [-0.2, -0.15) is 11.8 Å². The third-order valence-corrected chi connectivity index (χ3v) is 3.98. The van der Waals surface area contributed by atoms with Crippen LogP contribution in [0.2, 0.25) is 0 Å². The van der Waals surface area contributed by atoms with Gasteiger partial charge in [0.05, 0.1) is 0 Å². The Morgan fingerprint density at radius 2 is 1.89 bits per heavy atom. The summed E-state index contributed by atoms with van der Waals surface area (Å²) in [6, 6.07) is 9.29. The fraction of sp³-hybridized carbons (Fsp3) is 0.600. The molecular weight excluding hydrogens is 256 g/mol. The first-order chi connectivity index (χ1) is 9.08. The molecule has 0 bridgehead atoms. The molecule has 1 aromatic carbocycles. The van der Waals surface area contributed by atoms with Crippen molar-refractivity contribution in [3.05, 3.63) is 29.8 Å². The van der Waals surface area contributed by atoms with Crippen LogP contribution in [0.1, 0.15) is 24.9 Å². The van der Waals surface area contributed by atoms with Gasteiger partial charge in [0.1, 0.15) is 0 Å². The number of benzene rings is 1. The van der Waals surface area contributed by atoms with E-state index in [4.69, 9.17) is 5.11 Å². The molecule has 0 heterocycles. The molecular formula is C15H26N2OS. The maximum Gasteiger partial charge on any atom is 0.0446 e. The van der Waals surface area contributed by atoms with E-state index in [0.29, 0.717) is 12.1 Å². The smallest absolute Gasteiger partial charge is 0.0446 e. The van der Waals surface area contributed by atoms with Crippen LogP contribution >= 0.6 is 11.8 Å². The van der Waals surface area contributed by atoms with Crippen molar-refractivity contribution in [2.45, 2.75) is 25.4 Å². The quantitative estimate of drug-likeness (QED) is 0.768. The van der Waals surface area contributed by atoms with Gasteiger partial charge < -0.3 is 15.3 Å². The summed E-state index contributed by atoms with van der Waals surface area (Å²) >= 11 is 1.81. The first kappa shape index (κ1) is 16.3. The number of nitrogens with one attached hydrogen (secondary N) is 1. The lowest BCUT2D eigenvalue weighted by Gasteiger charge is -2.23. The monoisotopic (exact) mass is 282 g/mol. The van der Waals surface area contributed by atoms with Crippen LogP contribution in [0.15, 0.2) is 24.3 Å². The van der Waals surface area contributed by atoms with Crippen LogP contribution in [-0.4, -0.2) is 43.9 Å². The van der Waals surface area contributed by atoms with Crippen molar-refractivity contribution in [1.82, 2.24) is 5.32 Å². The Labute approximate surface area is 121 Å². The maximum atomic E-state index is 9.09. The van der Waals surface area contributed by atoms with Crippen molar-refractivity contribution in [2.75, 3.05) is 37.6 Å². The molecule has 0 amide bonds. The zero-order valence-electron chi connectivity index (χ0n) is 12.4. The molecule has 0 spiro atoms. The number of hydrogen-bond acceptors (Lipinski definition) is 4. The molecule has 0 aliphatic carbocycles. The number of thioether (sulfide) groups is 1. The predicted octanol–water partition coefficient (Wildman–Crippen LogP) is 2.52. The van der Waals surface area contributed by atoms with Crippen molar-refractivity contribution >= 4 is 17.4 Å². The third-order valence-electron chi connectivity index (χ3n) is 3.24. The Balaban J connectivity index is 2.62. The highest BCUT2D eigenvalue weighted by atomic mass is 32.2. The van der Waals surface area contributed by atoms with Crippen LogP contribution in [0.3, 0.4) is 0 Å². The van der Waals surface area contributed by atoms with Gasteiger partial charge in [0.15, 0.2) is 0 Å². The Hall–Kier alpha value is -0.710. The molecule has 0 aliphatic rings. The summed E-state index contributed by atoms with van der Waals surface area (Å²) in [5, 5.41) is 12.7. The minimum absolute atomic E-state index is 0.241. The van der Waals surface area contributed by atoms with Gasteiger partial charge in [-0.1, -0.05) is 12.1 Å². The van der Waals surface area contributed by atoms with E-state index in [-0.39, 0.29) is 6.61 Å². The average Bonchev–Trinajstić information content (AvgIpc) is 2.39. The van der Waals surface area contributed by atoms with Crippen molar-refractivity contribution in [1.29, 1.82) is 0 Å². The van der Waals surface area contributed by atoms with Crippen molar-refractivity contribution in [3.8, 4) is 0 Å². The van der Waals surface area contributed by atoms with E-state index in [2.05, 4.69) is 47.7 Å². The van der Waals surface area contributed by atoms with Crippen LogP contribution in [0.4, 0.5) is 5.69 Å². The van der Waals surface area contributed by atoms with Gasteiger partial charge in [-0.3, -0.25) is 0 Å². The van der Waals surface area contributed by atoms with E-state index in [1.165, 1.54) is 11.3 Å². The van der Waals surface area contributed by atoms with Gasteiger partial charge in [0.25, 0.3) is 0 Å². The minimum Gasteiger partial charge on any atom is -0.396 e. The Morgan fingerprint density at radius 1 is 1.26 bits per heavy atom. The molecule has 2 N–H and O–H groups in total. The molecule has 2 atom stereocenters. The molecule has 0 fully saturated rings. The third kappa shape index (κ3) is 5.43. The van der Waals surface area contributed by atoms with Crippen LogP contribution in [-0.2, 0) is 0 Å². The molecule has 2 unspecified atom stereocenters. The Bertz CT molecular complexity index is 348. The maximum absolute atomic E-state index is 9.09. The summed E-state index contributed by atoms with van der Waals surface area (Å²) in [7, 11) is 4.10. The first-order valence-electron chi connectivity index (χ1n) is 6.71. The van der Waals surface area contributed by atoms with Crippen LogP contribution < -0.4 is 10.2 Å². The molecule has 1 rings (SSSR count). The van der Waals surface area contributed by atoms with Crippen LogP contribution in [0.5, 0.6) is 0 Å². The van der Waals surface area contributed by atoms with Gasteiger partial charge in [-0.05, 0) is 37.3 Å². The second-order valence-electron chi connectivity index (χ2n) is 5.04. The normalized spacial score (nSPS) is 14.2.